The fourth-order valence-electron chi connectivity index (χ4n) is 2.88. The molecular weight excluding hydrogens is 350 g/mol. The monoisotopic (exact) mass is 373 g/mol. The van der Waals surface area contributed by atoms with Crippen molar-refractivity contribution in [2.45, 2.75) is 11.4 Å². The predicted molar refractivity (Wildman–Crippen MR) is 102 cm³/mol. The molecule has 0 bridgehead atoms. The summed E-state index contributed by atoms with van der Waals surface area (Å²) in [4.78, 5) is 29.6. The van der Waals surface area contributed by atoms with Crippen molar-refractivity contribution < 1.29 is 14.0 Å². The van der Waals surface area contributed by atoms with E-state index in [-0.39, 0.29) is 17.2 Å². The molecule has 0 saturated carbocycles. The number of benzene rings is 1. The van der Waals surface area contributed by atoms with Gasteiger partial charge in [-0.3, -0.25) is 9.59 Å². The Kier molecular flexibility index (Phi) is 6.00. The van der Waals surface area contributed by atoms with Gasteiger partial charge in [-0.1, -0.05) is 18.2 Å². The van der Waals surface area contributed by atoms with Crippen LogP contribution < -0.4 is 5.32 Å². The molecular formula is C19H23N3O3S. The fraction of sp³-hybridized carbons (Fsp3) is 0.368. The van der Waals surface area contributed by atoms with E-state index >= 15 is 0 Å². The Hall–Kier alpha value is -2.25. The highest BCUT2D eigenvalue weighted by atomic mass is 32.2. The summed E-state index contributed by atoms with van der Waals surface area (Å²) in [5.74, 6) is 0.298. The molecule has 1 fully saturated rings. The lowest BCUT2D eigenvalue weighted by Crippen LogP contribution is -2.49. The second kappa shape index (κ2) is 8.42. The first-order valence-corrected chi connectivity index (χ1v) is 9.56. The molecule has 2 amide bonds. The van der Waals surface area contributed by atoms with Gasteiger partial charge >= 0.3 is 0 Å². The summed E-state index contributed by atoms with van der Waals surface area (Å²) in [5.41, 5.74) is 1.47. The van der Waals surface area contributed by atoms with Crippen molar-refractivity contribution in [2.75, 3.05) is 32.9 Å². The second-order valence-corrected chi connectivity index (χ2v) is 7.54. The van der Waals surface area contributed by atoms with E-state index in [2.05, 4.69) is 5.32 Å². The largest absolute Gasteiger partial charge is 0.472 e. The van der Waals surface area contributed by atoms with E-state index in [1.165, 1.54) is 0 Å². The summed E-state index contributed by atoms with van der Waals surface area (Å²) in [7, 11) is 3.91. The Labute approximate surface area is 157 Å². The van der Waals surface area contributed by atoms with E-state index in [1.807, 2.05) is 43.3 Å². The van der Waals surface area contributed by atoms with Crippen LogP contribution in [-0.4, -0.2) is 60.6 Å². The Morgan fingerprint density at radius 2 is 2.04 bits per heavy atom. The first kappa shape index (κ1) is 18.5. The van der Waals surface area contributed by atoms with Crippen LogP contribution in [0.25, 0.3) is 0 Å². The third-order valence-corrected chi connectivity index (χ3v) is 5.57. The topological polar surface area (TPSA) is 65.8 Å². The average Bonchev–Trinajstić information content (AvgIpc) is 3.30. The Bertz CT molecular complexity index is 734. The molecule has 1 aliphatic rings. The van der Waals surface area contributed by atoms with E-state index in [0.29, 0.717) is 17.9 Å². The molecule has 2 unspecified atom stereocenters. The molecule has 1 N–H and O–H groups in total. The van der Waals surface area contributed by atoms with Crippen LogP contribution >= 0.6 is 11.8 Å². The molecule has 2 heterocycles. The third kappa shape index (κ3) is 4.11. The number of carbonyl (C=O) groups excluding carboxylic acids is 2. The molecule has 1 aromatic heterocycles. The minimum Gasteiger partial charge on any atom is -0.472 e. The molecule has 0 spiro atoms. The van der Waals surface area contributed by atoms with Crippen molar-refractivity contribution >= 4 is 23.6 Å². The van der Waals surface area contributed by atoms with Gasteiger partial charge < -0.3 is 19.5 Å². The van der Waals surface area contributed by atoms with Gasteiger partial charge in [-0.15, -0.1) is 11.8 Å². The molecule has 2 aromatic rings. The molecule has 6 nitrogen and oxygen atoms in total. The SMILES string of the molecule is CN(C)CCNC(=O)C1CSC(c2ccoc2)N1C(=O)c1ccccc1. The highest BCUT2D eigenvalue weighted by Gasteiger charge is 2.42. The van der Waals surface area contributed by atoms with E-state index in [4.69, 9.17) is 4.42 Å². The van der Waals surface area contributed by atoms with Crippen molar-refractivity contribution in [2.24, 2.45) is 0 Å². The standard InChI is InChI=1S/C19H23N3O3S/c1-21(2)10-9-20-17(23)16-13-26-19(15-8-11-25-12-15)22(16)18(24)14-6-4-3-5-7-14/h3-8,11-12,16,19H,9-10,13H2,1-2H3,(H,20,23). The summed E-state index contributed by atoms with van der Waals surface area (Å²) in [5, 5.41) is 2.72. The van der Waals surface area contributed by atoms with Crippen LogP contribution in [0.5, 0.6) is 0 Å². The zero-order chi connectivity index (χ0) is 18.5. The van der Waals surface area contributed by atoms with Gasteiger partial charge in [0.1, 0.15) is 11.4 Å². The van der Waals surface area contributed by atoms with Gasteiger partial charge in [-0.05, 0) is 32.3 Å². The number of furan rings is 1. The molecule has 138 valence electrons. The fourth-order valence-corrected chi connectivity index (χ4v) is 4.29. The van der Waals surface area contributed by atoms with Gasteiger partial charge in [-0.25, -0.2) is 0 Å². The highest BCUT2D eigenvalue weighted by molar-refractivity contribution is 7.99. The van der Waals surface area contributed by atoms with Crippen molar-refractivity contribution in [1.29, 1.82) is 0 Å². The van der Waals surface area contributed by atoms with Crippen LogP contribution in [0.3, 0.4) is 0 Å². The molecule has 26 heavy (non-hydrogen) atoms. The Morgan fingerprint density at radius 1 is 1.27 bits per heavy atom. The van der Waals surface area contributed by atoms with Crippen LogP contribution in [0, 0.1) is 0 Å². The first-order chi connectivity index (χ1) is 12.6. The molecule has 1 aromatic carbocycles. The maximum atomic E-state index is 13.1. The van der Waals surface area contributed by atoms with Crippen molar-refractivity contribution in [3.8, 4) is 0 Å². The van der Waals surface area contributed by atoms with Crippen LogP contribution in [0.2, 0.25) is 0 Å². The number of carbonyl (C=O) groups is 2. The number of likely N-dealkylation sites (N-methyl/N-ethyl adjacent to an activating group) is 1. The maximum Gasteiger partial charge on any atom is 0.255 e. The third-order valence-electron chi connectivity index (χ3n) is 4.24. The molecule has 7 heteroatoms. The number of rotatable bonds is 6. The minimum absolute atomic E-state index is 0.116. The molecule has 3 rings (SSSR count). The lowest BCUT2D eigenvalue weighted by Gasteiger charge is -2.28. The van der Waals surface area contributed by atoms with Gasteiger partial charge in [0.2, 0.25) is 5.91 Å². The van der Waals surface area contributed by atoms with Crippen LogP contribution in [0.4, 0.5) is 0 Å². The van der Waals surface area contributed by atoms with E-state index in [0.717, 1.165) is 12.1 Å². The quantitative estimate of drug-likeness (QED) is 0.841. The minimum atomic E-state index is -0.505. The molecule has 2 atom stereocenters. The smallest absolute Gasteiger partial charge is 0.255 e. The number of hydrogen-bond donors (Lipinski definition) is 1. The Balaban J connectivity index is 1.81. The lowest BCUT2D eigenvalue weighted by molar-refractivity contribution is -0.124. The van der Waals surface area contributed by atoms with Gasteiger partial charge in [0.25, 0.3) is 5.91 Å². The number of amides is 2. The zero-order valence-corrected chi connectivity index (χ0v) is 15.7. The lowest BCUT2D eigenvalue weighted by atomic mass is 10.1. The number of hydrogen-bond acceptors (Lipinski definition) is 5. The molecule has 0 radical (unpaired) electrons. The summed E-state index contributed by atoms with van der Waals surface area (Å²) >= 11 is 1.58. The Morgan fingerprint density at radius 3 is 2.69 bits per heavy atom. The van der Waals surface area contributed by atoms with Gasteiger partial charge in [0, 0.05) is 30.0 Å². The van der Waals surface area contributed by atoms with Crippen LogP contribution in [0.1, 0.15) is 21.3 Å². The summed E-state index contributed by atoms with van der Waals surface area (Å²) in [6, 6.07) is 10.4. The predicted octanol–water partition coefficient (Wildman–Crippen LogP) is 2.21. The highest BCUT2D eigenvalue weighted by Crippen LogP contribution is 2.42. The number of thioether (sulfide) groups is 1. The van der Waals surface area contributed by atoms with Gasteiger partial charge in [0.05, 0.1) is 12.5 Å². The van der Waals surface area contributed by atoms with Gasteiger partial charge in [-0.2, -0.15) is 0 Å². The maximum absolute atomic E-state index is 13.1. The first-order valence-electron chi connectivity index (χ1n) is 8.52. The van der Waals surface area contributed by atoms with E-state index in [1.54, 1.807) is 41.3 Å². The van der Waals surface area contributed by atoms with Crippen molar-refractivity contribution in [3.63, 3.8) is 0 Å². The second-order valence-electron chi connectivity index (χ2n) is 6.43. The zero-order valence-electron chi connectivity index (χ0n) is 14.9. The van der Waals surface area contributed by atoms with E-state index in [9.17, 15) is 9.59 Å². The van der Waals surface area contributed by atoms with Crippen molar-refractivity contribution in [3.05, 3.63) is 60.1 Å². The average molecular weight is 373 g/mol. The molecule has 1 saturated heterocycles. The molecule has 1 aliphatic heterocycles. The number of nitrogens with one attached hydrogen (secondary N) is 1. The van der Waals surface area contributed by atoms with Gasteiger partial charge in [0.15, 0.2) is 0 Å². The number of nitrogens with zero attached hydrogens (tertiary/aromatic N) is 2. The molecule has 0 aliphatic carbocycles. The summed E-state index contributed by atoms with van der Waals surface area (Å²) < 4.78 is 5.19. The van der Waals surface area contributed by atoms with E-state index < -0.39 is 6.04 Å². The van der Waals surface area contributed by atoms with Crippen LogP contribution in [-0.2, 0) is 4.79 Å². The summed E-state index contributed by atoms with van der Waals surface area (Å²) in [6.07, 6.45) is 3.22. The summed E-state index contributed by atoms with van der Waals surface area (Å²) in [6.45, 7) is 1.31. The van der Waals surface area contributed by atoms with Crippen LogP contribution in [0.15, 0.2) is 53.3 Å². The van der Waals surface area contributed by atoms with Crippen molar-refractivity contribution in [1.82, 2.24) is 15.1 Å². The normalized spacial score (nSPS) is 19.7.